The number of carbonyl (C=O) groups is 2. The molecule has 4 nitrogen and oxygen atoms in total. The van der Waals surface area contributed by atoms with Crippen molar-refractivity contribution >= 4 is 11.8 Å². The molecule has 1 fully saturated rings. The van der Waals surface area contributed by atoms with E-state index in [4.69, 9.17) is 0 Å². The van der Waals surface area contributed by atoms with Gasteiger partial charge < -0.3 is 5.11 Å². The van der Waals surface area contributed by atoms with Crippen LogP contribution in [0.2, 0.25) is 0 Å². The molecule has 2 aliphatic rings. The predicted octanol–water partition coefficient (Wildman–Crippen LogP) is 1.33. The third-order valence-electron chi connectivity index (χ3n) is 3.80. The number of aliphatic hydroxyl groups excluding tert-OH is 1. The van der Waals surface area contributed by atoms with Crippen LogP contribution >= 0.6 is 0 Å². The zero-order chi connectivity index (χ0) is 13.8. The highest BCUT2D eigenvalue weighted by Crippen LogP contribution is 2.46. The largest absolute Gasteiger partial charge is 0.396 e. The van der Waals surface area contributed by atoms with Crippen LogP contribution in [0.1, 0.15) is 33.6 Å². The molecule has 0 radical (unpaired) electrons. The monoisotopic (exact) mass is 267 g/mol. The van der Waals surface area contributed by atoms with Gasteiger partial charge in [-0.05, 0) is 25.0 Å². The zero-order valence-electron chi connectivity index (χ0n) is 9.95. The average molecular weight is 267 g/mol. The summed E-state index contributed by atoms with van der Waals surface area (Å²) in [7, 11) is 0. The van der Waals surface area contributed by atoms with E-state index < -0.39 is 28.9 Å². The fourth-order valence-electron chi connectivity index (χ4n) is 2.31. The molecule has 0 spiro atoms. The van der Waals surface area contributed by atoms with Crippen molar-refractivity contribution in [2.75, 3.05) is 13.2 Å². The van der Waals surface area contributed by atoms with Crippen LogP contribution in [-0.4, -0.2) is 35.0 Å². The molecule has 0 saturated heterocycles. The van der Waals surface area contributed by atoms with Crippen LogP contribution in [0.15, 0.2) is 12.1 Å². The molecule has 1 heterocycles. The predicted molar refractivity (Wildman–Crippen MR) is 60.5 cm³/mol. The lowest BCUT2D eigenvalue weighted by Gasteiger charge is -2.19. The number of aliphatic hydroxyl groups is 1. The van der Waals surface area contributed by atoms with E-state index in [2.05, 4.69) is 0 Å². The summed E-state index contributed by atoms with van der Waals surface area (Å²) in [5.41, 5.74) is -0.653. The van der Waals surface area contributed by atoms with E-state index >= 15 is 0 Å². The summed E-state index contributed by atoms with van der Waals surface area (Å²) < 4.78 is 26.2. The van der Waals surface area contributed by atoms with Gasteiger partial charge in [0, 0.05) is 12.0 Å². The van der Waals surface area contributed by atoms with Crippen molar-refractivity contribution in [2.24, 2.45) is 5.41 Å². The molecule has 100 valence electrons. The van der Waals surface area contributed by atoms with Gasteiger partial charge in [-0.1, -0.05) is 0 Å². The first-order chi connectivity index (χ1) is 8.97. The van der Waals surface area contributed by atoms with Gasteiger partial charge in [0.05, 0.1) is 17.7 Å². The number of fused-ring (bicyclic) bond motifs is 1. The number of amides is 2. The molecular formula is C13H11F2NO3. The van der Waals surface area contributed by atoms with Crippen molar-refractivity contribution < 1.29 is 23.5 Å². The number of hydrogen-bond acceptors (Lipinski definition) is 3. The lowest BCUT2D eigenvalue weighted by atomic mass is 10.1. The second-order valence-corrected chi connectivity index (χ2v) is 5.17. The number of imide groups is 1. The van der Waals surface area contributed by atoms with E-state index in [0.29, 0.717) is 0 Å². The topological polar surface area (TPSA) is 57.6 Å². The summed E-state index contributed by atoms with van der Waals surface area (Å²) in [5.74, 6) is -3.55. The minimum atomic E-state index is -1.15. The van der Waals surface area contributed by atoms with Crippen LogP contribution in [0.4, 0.5) is 8.78 Å². The van der Waals surface area contributed by atoms with Gasteiger partial charge in [0.1, 0.15) is 0 Å². The van der Waals surface area contributed by atoms with E-state index in [9.17, 15) is 23.5 Å². The maximum Gasteiger partial charge on any atom is 0.261 e. The van der Waals surface area contributed by atoms with Crippen molar-refractivity contribution in [3.8, 4) is 0 Å². The maximum atomic E-state index is 13.1. The van der Waals surface area contributed by atoms with Crippen LogP contribution in [0.3, 0.4) is 0 Å². The molecule has 0 atom stereocenters. The highest BCUT2D eigenvalue weighted by molar-refractivity contribution is 6.21. The molecule has 3 rings (SSSR count). The third kappa shape index (κ3) is 1.74. The van der Waals surface area contributed by atoms with Crippen molar-refractivity contribution in [2.45, 2.75) is 12.8 Å². The van der Waals surface area contributed by atoms with Crippen LogP contribution in [0.25, 0.3) is 0 Å². The Morgan fingerprint density at radius 1 is 1.11 bits per heavy atom. The lowest BCUT2D eigenvalue weighted by molar-refractivity contribution is 0.0591. The van der Waals surface area contributed by atoms with Crippen molar-refractivity contribution in [1.29, 1.82) is 0 Å². The Kier molecular flexibility index (Phi) is 2.47. The van der Waals surface area contributed by atoms with E-state index in [0.717, 1.165) is 29.9 Å². The standard InChI is InChI=1S/C13H11F2NO3/c14-9-3-7-8(4-10(9)15)12(19)16(11(7)18)5-13(6-17)1-2-13/h3-4,17H,1-2,5-6H2. The van der Waals surface area contributed by atoms with Gasteiger partial charge in [-0.25, -0.2) is 8.78 Å². The summed E-state index contributed by atoms with van der Waals surface area (Å²) >= 11 is 0. The Bertz CT molecular complexity index is 555. The summed E-state index contributed by atoms with van der Waals surface area (Å²) in [5, 5.41) is 9.23. The fraction of sp³-hybridized carbons (Fsp3) is 0.385. The minimum absolute atomic E-state index is 0.0963. The van der Waals surface area contributed by atoms with Crippen LogP contribution in [0.5, 0.6) is 0 Å². The number of halogens is 2. The maximum absolute atomic E-state index is 13.1. The smallest absolute Gasteiger partial charge is 0.261 e. The Morgan fingerprint density at radius 3 is 1.95 bits per heavy atom. The number of nitrogens with zero attached hydrogens (tertiary/aromatic N) is 1. The van der Waals surface area contributed by atoms with Gasteiger partial charge >= 0.3 is 0 Å². The Balaban J connectivity index is 1.95. The van der Waals surface area contributed by atoms with Gasteiger partial charge in [0.15, 0.2) is 11.6 Å². The highest BCUT2D eigenvalue weighted by atomic mass is 19.2. The molecule has 1 aliphatic heterocycles. The second-order valence-electron chi connectivity index (χ2n) is 5.17. The van der Waals surface area contributed by atoms with Crippen LogP contribution < -0.4 is 0 Å². The molecular weight excluding hydrogens is 256 g/mol. The highest BCUT2D eigenvalue weighted by Gasteiger charge is 2.48. The normalized spacial score (nSPS) is 19.8. The number of carbonyl (C=O) groups excluding carboxylic acids is 2. The van der Waals surface area contributed by atoms with E-state index in [1.807, 2.05) is 0 Å². The first-order valence-corrected chi connectivity index (χ1v) is 5.93. The average Bonchev–Trinajstić information content (AvgIpc) is 3.13. The van der Waals surface area contributed by atoms with Crippen molar-refractivity contribution in [3.63, 3.8) is 0 Å². The molecule has 0 bridgehead atoms. The van der Waals surface area contributed by atoms with Crippen molar-refractivity contribution in [1.82, 2.24) is 4.90 Å². The Morgan fingerprint density at radius 2 is 1.58 bits per heavy atom. The molecule has 2 amide bonds. The molecule has 1 aromatic carbocycles. The molecule has 1 aromatic rings. The van der Waals surface area contributed by atoms with Gasteiger partial charge in [0.2, 0.25) is 0 Å². The molecule has 1 saturated carbocycles. The van der Waals surface area contributed by atoms with Gasteiger partial charge in [-0.2, -0.15) is 0 Å². The molecule has 0 aromatic heterocycles. The first kappa shape index (κ1) is 12.2. The van der Waals surface area contributed by atoms with E-state index in [-0.39, 0.29) is 24.3 Å². The fourth-order valence-corrected chi connectivity index (χ4v) is 2.31. The summed E-state index contributed by atoms with van der Waals surface area (Å²) in [6.45, 7) is -0.0117. The first-order valence-electron chi connectivity index (χ1n) is 5.93. The van der Waals surface area contributed by atoms with Crippen LogP contribution in [-0.2, 0) is 0 Å². The van der Waals surface area contributed by atoms with Crippen LogP contribution in [0, 0.1) is 17.0 Å². The quantitative estimate of drug-likeness (QED) is 0.841. The van der Waals surface area contributed by atoms with Gasteiger partial charge in [0.25, 0.3) is 11.8 Å². The minimum Gasteiger partial charge on any atom is -0.396 e. The number of benzene rings is 1. The second kappa shape index (κ2) is 3.84. The molecule has 1 aliphatic carbocycles. The Hall–Kier alpha value is -1.82. The third-order valence-corrected chi connectivity index (χ3v) is 3.80. The zero-order valence-corrected chi connectivity index (χ0v) is 9.95. The molecule has 0 unspecified atom stereocenters. The number of rotatable bonds is 3. The molecule has 1 N–H and O–H groups in total. The van der Waals surface area contributed by atoms with Gasteiger partial charge in [-0.15, -0.1) is 0 Å². The summed E-state index contributed by atoms with van der Waals surface area (Å²) in [4.78, 5) is 25.0. The molecule has 6 heteroatoms. The van der Waals surface area contributed by atoms with Gasteiger partial charge in [-0.3, -0.25) is 14.5 Å². The Labute approximate surface area is 107 Å². The van der Waals surface area contributed by atoms with E-state index in [1.165, 1.54) is 0 Å². The summed E-state index contributed by atoms with van der Waals surface area (Å²) in [6.07, 6.45) is 1.47. The SMILES string of the molecule is O=C1c2cc(F)c(F)cc2C(=O)N1CC1(CO)CC1. The lowest BCUT2D eigenvalue weighted by Crippen LogP contribution is -2.36. The molecule has 19 heavy (non-hydrogen) atoms. The summed E-state index contributed by atoms with van der Waals surface area (Å²) in [6, 6.07) is 1.51. The number of hydrogen-bond donors (Lipinski definition) is 1. The van der Waals surface area contributed by atoms with Crippen molar-refractivity contribution in [3.05, 3.63) is 34.9 Å². The van der Waals surface area contributed by atoms with E-state index in [1.54, 1.807) is 0 Å².